The second-order valence-electron chi connectivity index (χ2n) is 6.78. The molecule has 2 N–H and O–H groups in total. The maximum Gasteiger partial charge on any atom is 0.330 e. The van der Waals surface area contributed by atoms with Crippen LogP contribution in [0.2, 0.25) is 0 Å². The molecule has 0 atom stereocenters. The summed E-state index contributed by atoms with van der Waals surface area (Å²) >= 11 is 0. The van der Waals surface area contributed by atoms with Gasteiger partial charge in [0.15, 0.2) is 0 Å². The minimum Gasteiger partial charge on any atom is -0.463 e. The molecule has 2 saturated carbocycles. The standard InChI is InChI=1S/C14H26O2.C5H8O2/c15-11-14(16,12-7-3-1-4-8-12)13-9-5-2-6-10-13;1-3-5(6)7-4-2/h12-13,15-16H,1-11H2;3H,1,4H2,2H3. The number of carbonyl (C=O) groups is 1. The molecule has 0 aliphatic heterocycles. The quantitative estimate of drug-likeness (QED) is 0.598. The van der Waals surface area contributed by atoms with Crippen molar-refractivity contribution < 1.29 is 19.7 Å². The number of rotatable bonds is 5. The molecule has 0 heterocycles. The Morgan fingerprint density at radius 1 is 1.09 bits per heavy atom. The fourth-order valence-corrected chi connectivity index (χ4v) is 4.00. The van der Waals surface area contributed by atoms with Crippen molar-refractivity contribution in [3.05, 3.63) is 12.7 Å². The van der Waals surface area contributed by atoms with Crippen molar-refractivity contribution in [2.24, 2.45) is 11.8 Å². The van der Waals surface area contributed by atoms with Crippen LogP contribution in [0.1, 0.15) is 71.1 Å². The van der Waals surface area contributed by atoms with Gasteiger partial charge in [-0.2, -0.15) is 0 Å². The smallest absolute Gasteiger partial charge is 0.330 e. The van der Waals surface area contributed by atoms with E-state index in [1.54, 1.807) is 6.92 Å². The SMILES string of the molecule is C=CC(=O)OCC.OCC(O)(C1CCCCC1)C1CCCCC1. The van der Waals surface area contributed by atoms with E-state index in [1.165, 1.54) is 38.5 Å². The lowest BCUT2D eigenvalue weighted by Gasteiger charge is -2.44. The van der Waals surface area contributed by atoms with Gasteiger partial charge in [0, 0.05) is 6.08 Å². The van der Waals surface area contributed by atoms with Gasteiger partial charge in [-0.15, -0.1) is 0 Å². The molecule has 2 aliphatic rings. The highest BCUT2D eigenvalue weighted by molar-refractivity contribution is 5.81. The summed E-state index contributed by atoms with van der Waals surface area (Å²) in [6.45, 7) is 5.35. The van der Waals surface area contributed by atoms with Gasteiger partial charge in [-0.1, -0.05) is 45.1 Å². The van der Waals surface area contributed by atoms with Crippen molar-refractivity contribution in [1.82, 2.24) is 0 Å². The maximum absolute atomic E-state index is 10.8. The van der Waals surface area contributed by atoms with E-state index in [0.29, 0.717) is 18.4 Å². The van der Waals surface area contributed by atoms with Gasteiger partial charge in [0.2, 0.25) is 0 Å². The van der Waals surface area contributed by atoms with Crippen LogP contribution in [-0.2, 0) is 9.53 Å². The largest absolute Gasteiger partial charge is 0.463 e. The van der Waals surface area contributed by atoms with Crippen LogP contribution in [0.25, 0.3) is 0 Å². The molecule has 0 bridgehead atoms. The molecule has 0 spiro atoms. The average molecular weight is 326 g/mol. The van der Waals surface area contributed by atoms with Crippen molar-refractivity contribution in [1.29, 1.82) is 0 Å². The van der Waals surface area contributed by atoms with Gasteiger partial charge in [-0.3, -0.25) is 0 Å². The lowest BCUT2D eigenvalue weighted by Crippen LogP contribution is -2.49. The van der Waals surface area contributed by atoms with E-state index < -0.39 is 5.60 Å². The third-order valence-corrected chi connectivity index (χ3v) is 5.33. The molecule has 0 aromatic heterocycles. The number of aliphatic hydroxyl groups is 2. The van der Waals surface area contributed by atoms with Crippen LogP contribution in [0.4, 0.5) is 0 Å². The molecule has 4 nitrogen and oxygen atoms in total. The molecular formula is C19H34O4. The summed E-state index contributed by atoms with van der Waals surface area (Å²) in [5.41, 5.74) is -0.763. The third-order valence-electron chi connectivity index (χ3n) is 5.33. The first-order valence-corrected chi connectivity index (χ1v) is 9.20. The molecule has 0 amide bonds. The minimum atomic E-state index is -0.763. The molecule has 2 rings (SSSR count). The normalized spacial score (nSPS) is 20.3. The highest BCUT2D eigenvalue weighted by Gasteiger charge is 2.43. The number of hydrogen-bond acceptors (Lipinski definition) is 4. The first-order chi connectivity index (χ1) is 11.1. The highest BCUT2D eigenvalue weighted by Crippen LogP contribution is 2.42. The monoisotopic (exact) mass is 326 g/mol. The Kier molecular flexibility index (Phi) is 9.49. The molecular weight excluding hydrogens is 292 g/mol. The topological polar surface area (TPSA) is 66.8 Å². The second kappa shape index (κ2) is 10.8. The Hall–Kier alpha value is -0.870. The zero-order chi connectivity index (χ0) is 17.1. The lowest BCUT2D eigenvalue weighted by molar-refractivity contribution is -0.137. The molecule has 2 fully saturated rings. The Morgan fingerprint density at radius 3 is 1.78 bits per heavy atom. The Labute approximate surface area is 140 Å². The number of ether oxygens (including phenoxy) is 1. The van der Waals surface area contributed by atoms with E-state index in [0.717, 1.165) is 31.8 Å². The van der Waals surface area contributed by atoms with Gasteiger partial charge in [-0.05, 0) is 44.4 Å². The van der Waals surface area contributed by atoms with E-state index in [-0.39, 0.29) is 12.6 Å². The second-order valence-corrected chi connectivity index (χ2v) is 6.78. The van der Waals surface area contributed by atoms with Crippen LogP contribution in [0.5, 0.6) is 0 Å². The van der Waals surface area contributed by atoms with Crippen LogP contribution in [0, 0.1) is 11.8 Å². The van der Waals surface area contributed by atoms with Crippen LogP contribution in [0.3, 0.4) is 0 Å². The van der Waals surface area contributed by atoms with E-state index in [2.05, 4.69) is 11.3 Å². The molecule has 0 radical (unpaired) electrons. The molecule has 0 aromatic rings. The number of hydrogen-bond donors (Lipinski definition) is 2. The predicted octanol–water partition coefficient (Wildman–Crippen LogP) is 3.61. The van der Waals surface area contributed by atoms with Gasteiger partial charge in [0.25, 0.3) is 0 Å². The number of carbonyl (C=O) groups excluding carboxylic acids is 1. The van der Waals surface area contributed by atoms with Crippen LogP contribution < -0.4 is 0 Å². The highest BCUT2D eigenvalue weighted by atomic mass is 16.5. The summed E-state index contributed by atoms with van der Waals surface area (Å²) in [7, 11) is 0. The number of aliphatic hydroxyl groups excluding tert-OH is 1. The van der Waals surface area contributed by atoms with Crippen LogP contribution in [0.15, 0.2) is 12.7 Å². The first kappa shape index (κ1) is 20.2. The van der Waals surface area contributed by atoms with Crippen molar-refractivity contribution >= 4 is 5.97 Å². The third kappa shape index (κ3) is 6.27. The summed E-state index contributed by atoms with van der Waals surface area (Å²) in [5, 5.41) is 20.5. The fourth-order valence-electron chi connectivity index (χ4n) is 4.00. The summed E-state index contributed by atoms with van der Waals surface area (Å²) in [6, 6.07) is 0. The molecule has 23 heavy (non-hydrogen) atoms. The van der Waals surface area contributed by atoms with E-state index >= 15 is 0 Å². The summed E-state index contributed by atoms with van der Waals surface area (Å²) in [4.78, 5) is 10.1. The van der Waals surface area contributed by atoms with E-state index in [1.807, 2.05) is 0 Å². The summed E-state index contributed by atoms with van der Waals surface area (Å²) in [5.74, 6) is 0.353. The molecule has 134 valence electrons. The van der Waals surface area contributed by atoms with Crippen molar-refractivity contribution in [2.75, 3.05) is 13.2 Å². The summed E-state index contributed by atoms with van der Waals surface area (Å²) in [6.07, 6.45) is 13.2. The Morgan fingerprint density at radius 2 is 1.52 bits per heavy atom. The lowest BCUT2D eigenvalue weighted by atomic mass is 9.67. The molecule has 2 aliphatic carbocycles. The van der Waals surface area contributed by atoms with Gasteiger partial charge < -0.3 is 14.9 Å². The van der Waals surface area contributed by atoms with Crippen LogP contribution >= 0.6 is 0 Å². The van der Waals surface area contributed by atoms with Gasteiger partial charge in [0.05, 0.1) is 18.8 Å². The maximum atomic E-state index is 10.8. The van der Waals surface area contributed by atoms with Crippen molar-refractivity contribution in [3.8, 4) is 0 Å². The molecule has 0 saturated heterocycles. The molecule has 0 unspecified atom stereocenters. The first-order valence-electron chi connectivity index (χ1n) is 9.20. The van der Waals surface area contributed by atoms with E-state index in [9.17, 15) is 15.0 Å². The van der Waals surface area contributed by atoms with E-state index in [4.69, 9.17) is 0 Å². The van der Waals surface area contributed by atoms with Crippen molar-refractivity contribution in [2.45, 2.75) is 76.7 Å². The average Bonchev–Trinajstić information content (AvgIpc) is 2.63. The molecule has 0 aromatic carbocycles. The van der Waals surface area contributed by atoms with Gasteiger partial charge >= 0.3 is 5.97 Å². The summed E-state index contributed by atoms with van der Waals surface area (Å²) < 4.78 is 4.43. The van der Waals surface area contributed by atoms with Gasteiger partial charge in [-0.25, -0.2) is 4.79 Å². The molecule has 4 heteroatoms. The fraction of sp³-hybridized carbons (Fsp3) is 0.842. The zero-order valence-corrected chi connectivity index (χ0v) is 14.6. The van der Waals surface area contributed by atoms with Gasteiger partial charge in [0.1, 0.15) is 0 Å². The Bertz CT molecular complexity index is 323. The predicted molar refractivity (Wildman–Crippen MR) is 92.0 cm³/mol. The minimum absolute atomic E-state index is 0.0255. The Balaban J connectivity index is 0.000000322. The number of esters is 1. The van der Waals surface area contributed by atoms with Crippen molar-refractivity contribution in [3.63, 3.8) is 0 Å². The zero-order valence-electron chi connectivity index (χ0n) is 14.6. The van der Waals surface area contributed by atoms with Crippen LogP contribution in [-0.4, -0.2) is 35.0 Å².